The summed E-state index contributed by atoms with van der Waals surface area (Å²) in [7, 11) is 0. The summed E-state index contributed by atoms with van der Waals surface area (Å²) in [5.41, 5.74) is 8.81. The predicted molar refractivity (Wildman–Crippen MR) is 89.8 cm³/mol. The number of hydrogen-bond donors (Lipinski definition) is 1. The van der Waals surface area contributed by atoms with Gasteiger partial charge >= 0.3 is 0 Å². The van der Waals surface area contributed by atoms with Crippen LogP contribution in [0.5, 0.6) is 0 Å². The first-order valence-electron chi connectivity index (χ1n) is 7.59. The van der Waals surface area contributed by atoms with Gasteiger partial charge in [-0.15, -0.1) is 11.3 Å². The third-order valence-electron chi connectivity index (χ3n) is 4.33. The van der Waals surface area contributed by atoms with Crippen LogP contribution in [-0.4, -0.2) is 17.1 Å². The summed E-state index contributed by atoms with van der Waals surface area (Å²) >= 11 is 1.75. The van der Waals surface area contributed by atoms with Gasteiger partial charge in [0.15, 0.2) is 5.13 Å². The number of hydrogen-bond acceptors (Lipinski definition) is 4. The number of anilines is 1. The van der Waals surface area contributed by atoms with E-state index in [9.17, 15) is 0 Å². The molecule has 0 saturated carbocycles. The average molecular weight is 301 g/mol. The van der Waals surface area contributed by atoms with Crippen molar-refractivity contribution < 1.29 is 0 Å². The lowest BCUT2D eigenvalue weighted by molar-refractivity contribution is 0.517. The van der Waals surface area contributed by atoms with Gasteiger partial charge in [0, 0.05) is 29.9 Å². The first kappa shape index (κ1) is 14.5. The second-order valence-electron chi connectivity index (χ2n) is 6.41. The Morgan fingerprint density at radius 2 is 2.10 bits per heavy atom. The van der Waals surface area contributed by atoms with Crippen molar-refractivity contribution in [3.63, 3.8) is 0 Å². The van der Waals surface area contributed by atoms with Crippen LogP contribution >= 0.6 is 11.3 Å². The van der Waals surface area contributed by atoms with Gasteiger partial charge in [-0.3, -0.25) is 0 Å². The predicted octanol–water partition coefficient (Wildman–Crippen LogP) is 3.76. The summed E-state index contributed by atoms with van der Waals surface area (Å²) in [6.07, 6.45) is 3.30. The molecule has 1 aliphatic rings. The molecule has 1 aliphatic heterocycles. The molecule has 3 rings (SSSR count). The highest BCUT2D eigenvalue weighted by Gasteiger charge is 2.33. The molecule has 1 unspecified atom stereocenters. The van der Waals surface area contributed by atoms with Gasteiger partial charge in [0.1, 0.15) is 0 Å². The van der Waals surface area contributed by atoms with Crippen molar-refractivity contribution in [2.24, 2.45) is 5.73 Å². The van der Waals surface area contributed by atoms with Crippen molar-refractivity contribution in [2.45, 2.75) is 44.7 Å². The fourth-order valence-corrected chi connectivity index (χ4v) is 4.05. The topological polar surface area (TPSA) is 42.2 Å². The molecule has 2 aromatic rings. The van der Waals surface area contributed by atoms with E-state index >= 15 is 0 Å². The molecule has 1 fully saturated rings. The second-order valence-corrected chi connectivity index (χ2v) is 7.25. The van der Waals surface area contributed by atoms with Crippen molar-refractivity contribution in [1.82, 2.24) is 4.98 Å². The molecule has 1 saturated heterocycles. The molecular formula is C17H23N3S. The molecule has 0 radical (unpaired) electrons. The highest BCUT2D eigenvalue weighted by Crippen LogP contribution is 2.35. The molecule has 1 aromatic heterocycles. The Morgan fingerprint density at radius 3 is 2.76 bits per heavy atom. The maximum absolute atomic E-state index is 6.29. The van der Waals surface area contributed by atoms with Crippen LogP contribution in [0.15, 0.2) is 35.7 Å². The Labute approximate surface area is 130 Å². The lowest BCUT2D eigenvalue weighted by atomic mass is 10.0. The molecular weight excluding hydrogens is 278 g/mol. The van der Waals surface area contributed by atoms with Gasteiger partial charge in [0.05, 0.1) is 5.69 Å². The van der Waals surface area contributed by atoms with Gasteiger partial charge in [0.2, 0.25) is 0 Å². The van der Waals surface area contributed by atoms with Crippen molar-refractivity contribution in [3.05, 3.63) is 47.0 Å². The number of nitrogens with zero attached hydrogens (tertiary/aromatic N) is 2. The average Bonchev–Trinajstić information content (AvgIpc) is 3.05. The zero-order chi connectivity index (χ0) is 14.9. The third-order valence-corrected chi connectivity index (χ3v) is 5.24. The molecule has 1 atom stereocenters. The van der Waals surface area contributed by atoms with E-state index < -0.39 is 0 Å². The molecule has 2 N–H and O–H groups in total. The first-order chi connectivity index (χ1) is 10.1. The minimum atomic E-state index is 0.0211. The van der Waals surface area contributed by atoms with E-state index in [1.807, 2.05) is 18.2 Å². The van der Waals surface area contributed by atoms with E-state index in [2.05, 4.69) is 36.3 Å². The summed E-state index contributed by atoms with van der Waals surface area (Å²) in [6, 6.07) is 10.3. The maximum atomic E-state index is 6.29. The summed E-state index contributed by atoms with van der Waals surface area (Å²) in [6.45, 7) is 5.72. The molecule has 3 nitrogen and oxygen atoms in total. The maximum Gasteiger partial charge on any atom is 0.185 e. The van der Waals surface area contributed by atoms with Crippen LogP contribution in [-0.2, 0) is 6.42 Å². The van der Waals surface area contributed by atoms with Gasteiger partial charge < -0.3 is 10.6 Å². The van der Waals surface area contributed by atoms with E-state index in [0.717, 1.165) is 23.8 Å². The molecule has 112 valence electrons. The summed E-state index contributed by atoms with van der Waals surface area (Å²) < 4.78 is 0. The van der Waals surface area contributed by atoms with Crippen LogP contribution in [0, 0.1) is 0 Å². The largest absolute Gasteiger partial charge is 0.343 e. The molecule has 0 spiro atoms. The zero-order valence-electron chi connectivity index (χ0n) is 12.7. The van der Waals surface area contributed by atoms with E-state index in [1.165, 1.54) is 18.4 Å². The Kier molecular flexibility index (Phi) is 4.00. The van der Waals surface area contributed by atoms with Crippen LogP contribution in [0.2, 0.25) is 0 Å². The van der Waals surface area contributed by atoms with Crippen molar-refractivity contribution >= 4 is 16.5 Å². The zero-order valence-corrected chi connectivity index (χ0v) is 13.6. The van der Waals surface area contributed by atoms with E-state index in [-0.39, 0.29) is 11.6 Å². The van der Waals surface area contributed by atoms with Crippen LogP contribution < -0.4 is 10.6 Å². The smallest absolute Gasteiger partial charge is 0.185 e. The normalized spacial score (nSPS) is 18.9. The first-order valence-corrected chi connectivity index (χ1v) is 8.47. The molecule has 1 aromatic carbocycles. The number of benzene rings is 1. The Morgan fingerprint density at radius 1 is 1.33 bits per heavy atom. The molecule has 21 heavy (non-hydrogen) atoms. The Bertz CT molecular complexity index is 591. The highest BCUT2D eigenvalue weighted by molar-refractivity contribution is 7.13. The molecule has 0 bridgehead atoms. The highest BCUT2D eigenvalue weighted by atomic mass is 32.1. The minimum absolute atomic E-state index is 0.0211. The van der Waals surface area contributed by atoms with E-state index in [0.29, 0.717) is 0 Å². The van der Waals surface area contributed by atoms with Gasteiger partial charge in [-0.2, -0.15) is 0 Å². The molecule has 0 aliphatic carbocycles. The second kappa shape index (κ2) is 5.78. The van der Waals surface area contributed by atoms with Gasteiger partial charge in [-0.1, -0.05) is 30.3 Å². The van der Waals surface area contributed by atoms with E-state index in [1.54, 1.807) is 11.3 Å². The molecule has 4 heteroatoms. The Balaban J connectivity index is 1.71. The lowest BCUT2D eigenvalue weighted by Crippen LogP contribution is -2.38. The number of aromatic nitrogens is 1. The van der Waals surface area contributed by atoms with Crippen LogP contribution in [0.25, 0.3) is 0 Å². The molecule has 0 amide bonds. The SMILES string of the molecule is CC1(C)CCCN1c1nc(CC(N)c2ccccc2)cs1. The van der Waals surface area contributed by atoms with Crippen molar-refractivity contribution in [2.75, 3.05) is 11.4 Å². The van der Waals surface area contributed by atoms with Crippen molar-refractivity contribution in [3.8, 4) is 0 Å². The third kappa shape index (κ3) is 3.11. The van der Waals surface area contributed by atoms with Crippen molar-refractivity contribution in [1.29, 1.82) is 0 Å². The van der Waals surface area contributed by atoms with Gasteiger partial charge in [0.25, 0.3) is 0 Å². The van der Waals surface area contributed by atoms with Crippen LogP contribution in [0.4, 0.5) is 5.13 Å². The summed E-state index contributed by atoms with van der Waals surface area (Å²) in [5, 5.41) is 3.31. The standard InChI is InChI=1S/C17H23N3S/c1-17(2)9-6-10-20(17)16-19-14(12-21-16)11-15(18)13-7-4-3-5-8-13/h3-5,7-8,12,15H,6,9-11,18H2,1-2H3. The number of thiazole rings is 1. The fraction of sp³-hybridized carbons (Fsp3) is 0.471. The summed E-state index contributed by atoms with van der Waals surface area (Å²) in [4.78, 5) is 7.26. The quantitative estimate of drug-likeness (QED) is 0.935. The lowest BCUT2D eigenvalue weighted by Gasteiger charge is -2.31. The summed E-state index contributed by atoms with van der Waals surface area (Å²) in [5.74, 6) is 0. The minimum Gasteiger partial charge on any atom is -0.343 e. The molecule has 2 heterocycles. The Hall–Kier alpha value is -1.39. The van der Waals surface area contributed by atoms with Crippen LogP contribution in [0.1, 0.15) is 44.0 Å². The monoisotopic (exact) mass is 301 g/mol. The van der Waals surface area contributed by atoms with Gasteiger partial charge in [-0.25, -0.2) is 4.98 Å². The number of nitrogens with two attached hydrogens (primary N) is 1. The van der Waals surface area contributed by atoms with Crippen LogP contribution in [0.3, 0.4) is 0 Å². The van der Waals surface area contributed by atoms with Gasteiger partial charge in [-0.05, 0) is 32.3 Å². The fourth-order valence-electron chi connectivity index (χ4n) is 3.02. The number of rotatable bonds is 4. The van der Waals surface area contributed by atoms with E-state index in [4.69, 9.17) is 10.7 Å².